The largest absolute Gasteiger partial charge is 0.484 e. The fraction of sp³-hybridized carbons (Fsp3) is 0.235. The van der Waals surface area contributed by atoms with Crippen LogP contribution in [0.5, 0.6) is 5.75 Å². The number of fused-ring (bicyclic) bond motifs is 1. The van der Waals surface area contributed by atoms with Crippen molar-refractivity contribution in [3.8, 4) is 5.75 Å². The van der Waals surface area contributed by atoms with E-state index in [0.29, 0.717) is 22.4 Å². The van der Waals surface area contributed by atoms with Crippen LogP contribution in [-0.4, -0.2) is 5.78 Å². The van der Waals surface area contributed by atoms with Crippen molar-refractivity contribution < 1.29 is 13.9 Å². The number of ketones is 1. The van der Waals surface area contributed by atoms with Gasteiger partial charge in [0.25, 0.3) is 0 Å². The molecule has 0 spiro atoms. The Kier molecular flexibility index (Phi) is 3.05. The zero-order chi connectivity index (χ0) is 14.3. The summed E-state index contributed by atoms with van der Waals surface area (Å²) in [6, 6.07) is 10.5. The normalized spacial score (nSPS) is 17.6. The molecule has 102 valence electrons. The van der Waals surface area contributed by atoms with E-state index in [1.807, 2.05) is 25.1 Å². The number of Topliss-reactive ketones (excluding diaryl/α,β-unsaturated/α-hetero) is 1. The lowest BCUT2D eigenvalue weighted by molar-refractivity contribution is 0.0849. The average molecular weight is 270 g/mol. The molecule has 3 heteroatoms. The Hall–Kier alpha value is -2.16. The molecule has 1 heterocycles. The predicted molar refractivity (Wildman–Crippen MR) is 74.6 cm³/mol. The van der Waals surface area contributed by atoms with E-state index in [1.54, 1.807) is 19.1 Å². The molecule has 0 amide bonds. The lowest BCUT2D eigenvalue weighted by Gasteiger charge is -2.26. The van der Waals surface area contributed by atoms with Crippen LogP contribution in [0.3, 0.4) is 0 Å². The third-order valence-electron chi connectivity index (χ3n) is 3.64. The van der Waals surface area contributed by atoms with Crippen molar-refractivity contribution >= 4 is 5.78 Å². The summed E-state index contributed by atoms with van der Waals surface area (Å²) in [5, 5.41) is 0. The summed E-state index contributed by atoms with van der Waals surface area (Å²) in [4.78, 5) is 12.2. The van der Waals surface area contributed by atoms with Crippen molar-refractivity contribution in [2.24, 2.45) is 0 Å². The number of aryl methyl sites for hydroxylation is 2. The van der Waals surface area contributed by atoms with Gasteiger partial charge in [0.05, 0.1) is 12.0 Å². The Labute approximate surface area is 117 Å². The monoisotopic (exact) mass is 270 g/mol. The number of halogens is 1. The first-order chi connectivity index (χ1) is 9.54. The molecule has 0 saturated carbocycles. The van der Waals surface area contributed by atoms with Gasteiger partial charge in [0.15, 0.2) is 5.78 Å². The highest BCUT2D eigenvalue weighted by molar-refractivity contribution is 6.00. The molecule has 1 aliphatic heterocycles. The van der Waals surface area contributed by atoms with Crippen LogP contribution >= 0.6 is 0 Å². The van der Waals surface area contributed by atoms with Gasteiger partial charge in [-0.05, 0) is 43.2 Å². The van der Waals surface area contributed by atoms with Gasteiger partial charge in [-0.2, -0.15) is 0 Å². The SMILES string of the molecule is Cc1ccc2c(c1)C(=O)CC(c1ccc(C)c(F)c1)O2. The molecule has 3 rings (SSSR count). The van der Waals surface area contributed by atoms with E-state index in [-0.39, 0.29) is 18.0 Å². The molecular weight excluding hydrogens is 255 g/mol. The van der Waals surface area contributed by atoms with Crippen LogP contribution in [0.1, 0.15) is 39.6 Å². The average Bonchev–Trinajstić information content (AvgIpc) is 2.42. The molecule has 2 aromatic carbocycles. The van der Waals surface area contributed by atoms with Crippen LogP contribution in [-0.2, 0) is 0 Å². The van der Waals surface area contributed by atoms with E-state index in [0.717, 1.165) is 5.56 Å². The molecule has 0 N–H and O–H groups in total. The predicted octanol–water partition coefficient (Wildman–Crippen LogP) is 4.15. The van der Waals surface area contributed by atoms with Crippen LogP contribution in [0.4, 0.5) is 4.39 Å². The van der Waals surface area contributed by atoms with Crippen LogP contribution in [0.25, 0.3) is 0 Å². The highest BCUT2D eigenvalue weighted by Crippen LogP contribution is 2.35. The second-order valence-corrected chi connectivity index (χ2v) is 5.24. The molecule has 1 unspecified atom stereocenters. The zero-order valence-corrected chi connectivity index (χ0v) is 11.4. The second-order valence-electron chi connectivity index (χ2n) is 5.24. The summed E-state index contributed by atoms with van der Waals surface area (Å²) in [5.74, 6) is 0.354. The minimum Gasteiger partial charge on any atom is -0.484 e. The van der Waals surface area contributed by atoms with Crippen molar-refractivity contribution in [3.05, 3.63) is 64.5 Å². The molecule has 2 nitrogen and oxygen atoms in total. The molecule has 2 aromatic rings. The standard InChI is InChI=1S/C17H15FO2/c1-10-3-6-16-13(7-10)15(19)9-17(20-16)12-5-4-11(2)14(18)8-12/h3-8,17H,9H2,1-2H3. The molecular formula is C17H15FO2. The molecule has 0 fully saturated rings. The van der Waals surface area contributed by atoms with Gasteiger partial charge < -0.3 is 4.74 Å². The highest BCUT2D eigenvalue weighted by atomic mass is 19.1. The number of carbonyl (C=O) groups excluding carboxylic acids is 1. The van der Waals surface area contributed by atoms with E-state index in [9.17, 15) is 9.18 Å². The summed E-state index contributed by atoms with van der Waals surface area (Å²) in [5.41, 5.74) is 2.94. The van der Waals surface area contributed by atoms with E-state index in [1.165, 1.54) is 6.07 Å². The van der Waals surface area contributed by atoms with Gasteiger partial charge in [-0.3, -0.25) is 4.79 Å². The quantitative estimate of drug-likeness (QED) is 0.778. The lowest BCUT2D eigenvalue weighted by Crippen LogP contribution is -2.20. The number of hydrogen-bond donors (Lipinski definition) is 0. The van der Waals surface area contributed by atoms with Crippen LogP contribution in [0, 0.1) is 19.7 Å². The molecule has 0 aliphatic carbocycles. The highest BCUT2D eigenvalue weighted by Gasteiger charge is 2.27. The van der Waals surface area contributed by atoms with E-state index in [4.69, 9.17) is 4.74 Å². The summed E-state index contributed by atoms with van der Waals surface area (Å²) < 4.78 is 19.5. The summed E-state index contributed by atoms with van der Waals surface area (Å²) in [7, 11) is 0. The van der Waals surface area contributed by atoms with Crippen molar-refractivity contribution in [3.63, 3.8) is 0 Å². The Morgan fingerprint density at radius 2 is 1.95 bits per heavy atom. The van der Waals surface area contributed by atoms with Gasteiger partial charge in [-0.25, -0.2) is 4.39 Å². The molecule has 1 atom stereocenters. The Bertz CT molecular complexity index is 691. The lowest BCUT2D eigenvalue weighted by atomic mass is 9.95. The molecule has 0 bridgehead atoms. The first-order valence-electron chi connectivity index (χ1n) is 6.61. The van der Waals surface area contributed by atoms with E-state index < -0.39 is 6.10 Å². The smallest absolute Gasteiger partial charge is 0.170 e. The van der Waals surface area contributed by atoms with Crippen molar-refractivity contribution in [2.75, 3.05) is 0 Å². The van der Waals surface area contributed by atoms with Crippen LogP contribution in [0.2, 0.25) is 0 Å². The van der Waals surface area contributed by atoms with Gasteiger partial charge in [0, 0.05) is 0 Å². The molecule has 0 aromatic heterocycles. The number of rotatable bonds is 1. The third kappa shape index (κ3) is 2.20. The Morgan fingerprint density at radius 1 is 1.15 bits per heavy atom. The number of ether oxygens (including phenoxy) is 1. The van der Waals surface area contributed by atoms with Gasteiger partial charge >= 0.3 is 0 Å². The third-order valence-corrected chi connectivity index (χ3v) is 3.64. The van der Waals surface area contributed by atoms with Crippen molar-refractivity contribution in [1.82, 2.24) is 0 Å². The molecule has 0 radical (unpaired) electrons. The van der Waals surface area contributed by atoms with Gasteiger partial charge in [0.1, 0.15) is 17.7 Å². The van der Waals surface area contributed by atoms with Crippen LogP contribution < -0.4 is 4.74 Å². The first-order valence-corrected chi connectivity index (χ1v) is 6.61. The van der Waals surface area contributed by atoms with Gasteiger partial charge in [-0.1, -0.05) is 23.8 Å². The van der Waals surface area contributed by atoms with Crippen molar-refractivity contribution in [2.45, 2.75) is 26.4 Å². The summed E-state index contributed by atoms with van der Waals surface area (Å²) in [6.45, 7) is 3.65. The minimum atomic E-state index is -0.409. The zero-order valence-electron chi connectivity index (χ0n) is 11.4. The maximum atomic E-state index is 13.6. The Morgan fingerprint density at radius 3 is 2.70 bits per heavy atom. The van der Waals surface area contributed by atoms with Crippen LogP contribution in [0.15, 0.2) is 36.4 Å². The van der Waals surface area contributed by atoms with E-state index >= 15 is 0 Å². The van der Waals surface area contributed by atoms with Gasteiger partial charge in [0.2, 0.25) is 0 Å². The topological polar surface area (TPSA) is 26.3 Å². The number of benzene rings is 2. The maximum Gasteiger partial charge on any atom is 0.170 e. The number of carbonyl (C=O) groups is 1. The number of hydrogen-bond acceptors (Lipinski definition) is 2. The summed E-state index contributed by atoms with van der Waals surface area (Å²) >= 11 is 0. The maximum absolute atomic E-state index is 13.6. The fourth-order valence-electron chi connectivity index (χ4n) is 2.43. The molecule has 1 aliphatic rings. The fourth-order valence-corrected chi connectivity index (χ4v) is 2.43. The minimum absolute atomic E-state index is 0.0425. The van der Waals surface area contributed by atoms with Gasteiger partial charge in [-0.15, -0.1) is 0 Å². The molecule has 20 heavy (non-hydrogen) atoms. The van der Waals surface area contributed by atoms with Crippen molar-refractivity contribution in [1.29, 1.82) is 0 Å². The second kappa shape index (κ2) is 4.75. The first kappa shape index (κ1) is 12.9. The Balaban J connectivity index is 1.97. The van der Waals surface area contributed by atoms with E-state index in [2.05, 4.69) is 0 Å². The molecule has 0 saturated heterocycles. The summed E-state index contributed by atoms with van der Waals surface area (Å²) in [6.07, 6.45) is -0.160.